The maximum Gasteiger partial charge on any atom is 0.127 e. The van der Waals surface area contributed by atoms with Crippen LogP contribution < -0.4 is 5.73 Å². The van der Waals surface area contributed by atoms with Gasteiger partial charge in [-0.3, -0.25) is 0 Å². The largest absolute Gasteiger partial charge is 0.384 e. The van der Waals surface area contributed by atoms with E-state index in [-0.39, 0.29) is 0 Å². The number of hydrogen-bond acceptors (Lipinski definition) is 3. The summed E-state index contributed by atoms with van der Waals surface area (Å²) in [6, 6.07) is 0. The van der Waals surface area contributed by atoms with Crippen LogP contribution in [0.3, 0.4) is 0 Å². The van der Waals surface area contributed by atoms with Crippen molar-refractivity contribution in [2.75, 3.05) is 18.9 Å². The van der Waals surface area contributed by atoms with E-state index in [0.717, 1.165) is 56.5 Å². The van der Waals surface area contributed by atoms with Crippen molar-refractivity contribution in [2.24, 2.45) is 5.92 Å². The minimum atomic E-state index is 0.414. The zero-order valence-corrected chi connectivity index (χ0v) is 10.5. The van der Waals surface area contributed by atoms with Crippen LogP contribution in [-0.4, -0.2) is 22.8 Å². The molecule has 0 amide bonds. The SMILES string of the molecule is CC1CCc2nc(C3CCCOC3)c(N)n2C1. The first-order valence-electron chi connectivity index (χ1n) is 6.68. The van der Waals surface area contributed by atoms with Gasteiger partial charge in [-0.25, -0.2) is 4.98 Å². The summed E-state index contributed by atoms with van der Waals surface area (Å²) in [6.07, 6.45) is 4.59. The second-order valence-corrected chi connectivity index (χ2v) is 5.47. The maximum atomic E-state index is 6.26. The number of aromatic nitrogens is 2. The number of rotatable bonds is 1. The molecule has 0 spiro atoms. The van der Waals surface area contributed by atoms with Gasteiger partial charge in [0.1, 0.15) is 11.6 Å². The number of aryl methyl sites for hydroxylation is 1. The van der Waals surface area contributed by atoms with E-state index in [2.05, 4.69) is 11.5 Å². The van der Waals surface area contributed by atoms with Crippen molar-refractivity contribution in [1.82, 2.24) is 9.55 Å². The molecule has 2 atom stereocenters. The Morgan fingerprint density at radius 1 is 1.41 bits per heavy atom. The van der Waals surface area contributed by atoms with Crippen molar-refractivity contribution >= 4 is 5.82 Å². The molecule has 1 aromatic heterocycles. The first-order chi connectivity index (χ1) is 8.25. The van der Waals surface area contributed by atoms with Gasteiger partial charge in [0.15, 0.2) is 0 Å². The van der Waals surface area contributed by atoms with E-state index >= 15 is 0 Å². The second kappa shape index (κ2) is 4.33. The number of hydrogen-bond donors (Lipinski definition) is 1. The summed E-state index contributed by atoms with van der Waals surface area (Å²) in [5.74, 6) is 3.20. The van der Waals surface area contributed by atoms with E-state index in [4.69, 9.17) is 15.5 Å². The predicted molar refractivity (Wildman–Crippen MR) is 66.9 cm³/mol. The Labute approximate surface area is 102 Å². The molecule has 94 valence electrons. The van der Waals surface area contributed by atoms with Crippen LogP contribution in [0.4, 0.5) is 5.82 Å². The van der Waals surface area contributed by atoms with Crippen molar-refractivity contribution in [3.05, 3.63) is 11.5 Å². The molecule has 1 aromatic rings. The van der Waals surface area contributed by atoms with Crippen LogP contribution in [-0.2, 0) is 17.7 Å². The van der Waals surface area contributed by atoms with Crippen molar-refractivity contribution in [1.29, 1.82) is 0 Å². The summed E-state index contributed by atoms with van der Waals surface area (Å²) in [6.45, 7) is 4.99. The van der Waals surface area contributed by atoms with Gasteiger partial charge in [0.2, 0.25) is 0 Å². The summed E-state index contributed by atoms with van der Waals surface area (Å²) in [4.78, 5) is 4.77. The van der Waals surface area contributed by atoms with Gasteiger partial charge in [-0.2, -0.15) is 0 Å². The number of anilines is 1. The molecule has 2 aliphatic heterocycles. The van der Waals surface area contributed by atoms with E-state index in [9.17, 15) is 0 Å². The topological polar surface area (TPSA) is 53.1 Å². The molecular weight excluding hydrogens is 214 g/mol. The molecule has 0 aliphatic carbocycles. The third-order valence-electron chi connectivity index (χ3n) is 4.02. The molecule has 1 fully saturated rings. The van der Waals surface area contributed by atoms with E-state index in [0.29, 0.717) is 5.92 Å². The quantitative estimate of drug-likeness (QED) is 0.809. The van der Waals surface area contributed by atoms with Crippen LogP contribution in [0.5, 0.6) is 0 Å². The zero-order valence-electron chi connectivity index (χ0n) is 10.5. The van der Waals surface area contributed by atoms with Gasteiger partial charge in [-0.15, -0.1) is 0 Å². The number of nitrogens with zero attached hydrogens (tertiary/aromatic N) is 2. The second-order valence-electron chi connectivity index (χ2n) is 5.47. The molecule has 4 nitrogen and oxygen atoms in total. The van der Waals surface area contributed by atoms with Gasteiger partial charge in [-0.05, 0) is 25.2 Å². The molecule has 1 saturated heterocycles. The predicted octanol–water partition coefficient (Wildman–Crippen LogP) is 1.94. The zero-order chi connectivity index (χ0) is 11.8. The summed E-state index contributed by atoms with van der Waals surface area (Å²) >= 11 is 0. The highest BCUT2D eigenvalue weighted by Gasteiger charge is 2.26. The van der Waals surface area contributed by atoms with E-state index < -0.39 is 0 Å². The van der Waals surface area contributed by atoms with Gasteiger partial charge < -0.3 is 15.0 Å². The average Bonchev–Trinajstić information content (AvgIpc) is 2.68. The van der Waals surface area contributed by atoms with Crippen molar-refractivity contribution in [3.63, 3.8) is 0 Å². The first-order valence-corrected chi connectivity index (χ1v) is 6.68. The first kappa shape index (κ1) is 11.1. The van der Waals surface area contributed by atoms with Crippen LogP contribution in [0.15, 0.2) is 0 Å². The molecular formula is C13H21N3O. The molecule has 17 heavy (non-hydrogen) atoms. The standard InChI is InChI=1S/C13H21N3O/c1-9-4-5-11-15-12(13(14)16(11)7-9)10-3-2-6-17-8-10/h9-10H,2-8,14H2,1H3. The third kappa shape index (κ3) is 1.95. The number of nitrogen functional groups attached to an aromatic ring is 1. The van der Waals surface area contributed by atoms with E-state index in [1.807, 2.05) is 0 Å². The van der Waals surface area contributed by atoms with Gasteiger partial charge in [-0.1, -0.05) is 6.92 Å². The fourth-order valence-electron chi connectivity index (χ4n) is 2.96. The molecule has 0 aromatic carbocycles. The summed E-state index contributed by atoms with van der Waals surface area (Å²) < 4.78 is 7.76. The van der Waals surface area contributed by atoms with Crippen LogP contribution in [0.2, 0.25) is 0 Å². The highest BCUT2D eigenvalue weighted by molar-refractivity contribution is 5.41. The third-order valence-corrected chi connectivity index (χ3v) is 4.02. The van der Waals surface area contributed by atoms with Gasteiger partial charge >= 0.3 is 0 Å². The molecule has 2 aliphatic rings. The number of nitrogens with two attached hydrogens (primary N) is 1. The lowest BCUT2D eigenvalue weighted by molar-refractivity contribution is 0.0796. The monoisotopic (exact) mass is 235 g/mol. The van der Waals surface area contributed by atoms with Crippen molar-refractivity contribution in [3.8, 4) is 0 Å². The Kier molecular flexibility index (Phi) is 2.82. The normalized spacial score (nSPS) is 29.0. The lowest BCUT2D eigenvalue weighted by atomic mass is 9.98. The lowest BCUT2D eigenvalue weighted by Crippen LogP contribution is -2.20. The Morgan fingerprint density at radius 3 is 3.06 bits per heavy atom. The van der Waals surface area contributed by atoms with Gasteiger partial charge in [0.05, 0.1) is 12.3 Å². The van der Waals surface area contributed by atoms with Crippen molar-refractivity contribution < 1.29 is 4.74 Å². The van der Waals surface area contributed by atoms with E-state index in [1.54, 1.807) is 0 Å². The number of ether oxygens (including phenoxy) is 1. The van der Waals surface area contributed by atoms with E-state index in [1.165, 1.54) is 12.2 Å². The molecule has 2 unspecified atom stereocenters. The Balaban J connectivity index is 1.90. The number of fused-ring (bicyclic) bond motifs is 1. The minimum absolute atomic E-state index is 0.414. The fourth-order valence-corrected chi connectivity index (χ4v) is 2.96. The average molecular weight is 235 g/mol. The summed E-state index contributed by atoms with van der Waals surface area (Å²) in [5.41, 5.74) is 7.35. The van der Waals surface area contributed by atoms with Crippen LogP contribution in [0.25, 0.3) is 0 Å². The maximum absolute atomic E-state index is 6.26. The molecule has 3 heterocycles. The molecule has 0 bridgehead atoms. The lowest BCUT2D eigenvalue weighted by Gasteiger charge is -2.22. The Bertz CT molecular complexity index is 407. The summed E-state index contributed by atoms with van der Waals surface area (Å²) in [7, 11) is 0. The molecule has 3 rings (SSSR count). The Hall–Kier alpha value is -1.03. The number of imidazole rings is 1. The fraction of sp³-hybridized carbons (Fsp3) is 0.769. The molecule has 4 heteroatoms. The minimum Gasteiger partial charge on any atom is -0.384 e. The molecule has 0 saturated carbocycles. The summed E-state index contributed by atoms with van der Waals surface area (Å²) in [5, 5.41) is 0. The van der Waals surface area contributed by atoms with Gasteiger partial charge in [0.25, 0.3) is 0 Å². The molecule has 0 radical (unpaired) electrons. The smallest absolute Gasteiger partial charge is 0.127 e. The molecule has 2 N–H and O–H groups in total. The van der Waals surface area contributed by atoms with Crippen LogP contribution in [0, 0.1) is 5.92 Å². The van der Waals surface area contributed by atoms with Crippen LogP contribution in [0.1, 0.15) is 43.6 Å². The highest BCUT2D eigenvalue weighted by atomic mass is 16.5. The van der Waals surface area contributed by atoms with Gasteiger partial charge in [0, 0.05) is 25.5 Å². The van der Waals surface area contributed by atoms with Crippen molar-refractivity contribution in [2.45, 2.75) is 45.1 Å². The Morgan fingerprint density at radius 2 is 2.29 bits per heavy atom. The van der Waals surface area contributed by atoms with Crippen LogP contribution >= 0.6 is 0 Å². The highest BCUT2D eigenvalue weighted by Crippen LogP contribution is 2.32.